The van der Waals surface area contributed by atoms with Crippen molar-refractivity contribution in [3.8, 4) is 11.5 Å². The molecule has 0 bridgehead atoms. The second-order valence-corrected chi connectivity index (χ2v) is 6.15. The summed E-state index contributed by atoms with van der Waals surface area (Å²) < 4.78 is 10.4. The lowest BCUT2D eigenvalue weighted by molar-refractivity contribution is -0.150. The number of rotatable bonds is 5. The van der Waals surface area contributed by atoms with Crippen LogP contribution in [0.5, 0.6) is 11.5 Å². The predicted octanol–water partition coefficient (Wildman–Crippen LogP) is 1.68. The summed E-state index contributed by atoms with van der Waals surface area (Å²) in [6.07, 6.45) is 0.699. The molecule has 1 atom stereocenters. The third-order valence-electron chi connectivity index (χ3n) is 4.38. The van der Waals surface area contributed by atoms with E-state index in [9.17, 15) is 14.4 Å². The van der Waals surface area contributed by atoms with Gasteiger partial charge in [-0.1, -0.05) is 18.2 Å². The number of hydrogen-bond donors (Lipinski definition) is 2. The van der Waals surface area contributed by atoms with Gasteiger partial charge in [-0.2, -0.15) is 0 Å². The van der Waals surface area contributed by atoms with E-state index in [4.69, 9.17) is 9.47 Å². The van der Waals surface area contributed by atoms with E-state index < -0.39 is 23.3 Å². The monoisotopic (exact) mass is 368 g/mol. The fourth-order valence-electron chi connectivity index (χ4n) is 2.88. The van der Waals surface area contributed by atoms with Gasteiger partial charge in [0.05, 0.1) is 7.11 Å². The van der Waals surface area contributed by atoms with Gasteiger partial charge in [0.2, 0.25) is 5.54 Å². The molecule has 3 rings (SSSR count). The average Bonchev–Trinajstić information content (AvgIpc) is 2.70. The number of nitrogens with one attached hydrogen (secondary N) is 2. The Labute approximate surface area is 156 Å². The average molecular weight is 368 g/mol. The van der Waals surface area contributed by atoms with Gasteiger partial charge in [-0.15, -0.1) is 0 Å². The van der Waals surface area contributed by atoms with Crippen molar-refractivity contribution < 1.29 is 23.9 Å². The van der Waals surface area contributed by atoms with Crippen molar-refractivity contribution >= 4 is 17.8 Å². The van der Waals surface area contributed by atoms with Crippen molar-refractivity contribution in [2.45, 2.75) is 18.4 Å². The lowest BCUT2D eigenvalue weighted by Crippen LogP contribution is -2.67. The molecule has 0 aliphatic carbocycles. The number of methoxy groups -OCH3 is 1. The zero-order valence-electron chi connectivity index (χ0n) is 14.9. The van der Waals surface area contributed by atoms with E-state index in [1.54, 1.807) is 54.6 Å². The molecule has 2 aromatic rings. The van der Waals surface area contributed by atoms with Gasteiger partial charge in [-0.05, 0) is 49.2 Å². The van der Waals surface area contributed by atoms with Gasteiger partial charge >= 0.3 is 5.97 Å². The topological polar surface area (TPSA) is 93.7 Å². The molecule has 7 heteroatoms. The number of hydrogen-bond acceptors (Lipinski definition) is 5. The van der Waals surface area contributed by atoms with Gasteiger partial charge in [-0.25, -0.2) is 4.79 Å². The summed E-state index contributed by atoms with van der Waals surface area (Å²) in [5.74, 6) is -1.02. The van der Waals surface area contributed by atoms with Crippen molar-refractivity contribution in [1.82, 2.24) is 10.6 Å². The summed E-state index contributed by atoms with van der Waals surface area (Å²) in [6.45, 7) is 0.442. The lowest BCUT2D eigenvalue weighted by Gasteiger charge is -2.34. The maximum atomic E-state index is 12.8. The molecule has 0 spiro atoms. The van der Waals surface area contributed by atoms with Gasteiger partial charge in [-0.3, -0.25) is 9.59 Å². The highest BCUT2D eigenvalue weighted by Crippen LogP contribution is 2.23. The molecule has 1 heterocycles. The van der Waals surface area contributed by atoms with Crippen LogP contribution >= 0.6 is 0 Å². The van der Waals surface area contributed by atoms with Crippen LogP contribution in [-0.2, 0) is 9.59 Å². The van der Waals surface area contributed by atoms with Crippen LogP contribution in [0.4, 0.5) is 0 Å². The largest absolute Gasteiger partial charge is 0.497 e. The van der Waals surface area contributed by atoms with Gasteiger partial charge < -0.3 is 20.1 Å². The SMILES string of the molecule is COc1ccc(C(=O)N[C@@]2(C(=O)Oc3ccccc3)CCCNC2=O)cc1. The molecule has 0 aromatic heterocycles. The first-order valence-corrected chi connectivity index (χ1v) is 8.57. The Bertz CT molecular complexity index is 835. The number of ether oxygens (including phenoxy) is 2. The van der Waals surface area contributed by atoms with Gasteiger partial charge in [0.25, 0.3) is 11.8 Å². The Morgan fingerprint density at radius 1 is 1.04 bits per heavy atom. The first-order valence-electron chi connectivity index (χ1n) is 8.57. The van der Waals surface area contributed by atoms with Crippen LogP contribution in [-0.4, -0.2) is 37.0 Å². The third-order valence-corrected chi connectivity index (χ3v) is 4.38. The van der Waals surface area contributed by atoms with Crippen LogP contribution in [0.2, 0.25) is 0 Å². The van der Waals surface area contributed by atoms with Crippen molar-refractivity contribution in [1.29, 1.82) is 0 Å². The first kappa shape index (κ1) is 18.4. The van der Waals surface area contributed by atoms with Crippen molar-refractivity contribution in [3.05, 3.63) is 60.2 Å². The molecule has 7 nitrogen and oxygen atoms in total. The second kappa shape index (κ2) is 7.90. The highest BCUT2D eigenvalue weighted by atomic mass is 16.5. The Kier molecular flexibility index (Phi) is 5.40. The number of carbonyl (C=O) groups excluding carboxylic acids is 3. The lowest BCUT2D eigenvalue weighted by atomic mass is 9.88. The van der Waals surface area contributed by atoms with Gasteiger partial charge in [0.15, 0.2) is 0 Å². The van der Waals surface area contributed by atoms with E-state index in [1.165, 1.54) is 7.11 Å². The Morgan fingerprint density at radius 2 is 1.74 bits per heavy atom. The highest BCUT2D eigenvalue weighted by molar-refractivity contribution is 6.12. The Hall–Kier alpha value is -3.35. The fraction of sp³-hybridized carbons (Fsp3) is 0.250. The normalized spacial score (nSPS) is 18.9. The standard InChI is InChI=1S/C20H20N2O5/c1-26-15-10-8-14(9-11-15)17(23)22-20(12-5-13-21-18(20)24)19(25)27-16-6-3-2-4-7-16/h2-4,6-11H,5,12-13H2,1H3,(H,21,24)(H,22,23)/t20-/m0/s1. The maximum Gasteiger partial charge on any atom is 0.347 e. The zero-order valence-corrected chi connectivity index (χ0v) is 14.9. The van der Waals surface area contributed by atoms with E-state index in [1.807, 2.05) is 0 Å². The maximum absolute atomic E-state index is 12.8. The molecule has 1 fully saturated rings. The zero-order chi connectivity index (χ0) is 19.3. The smallest absolute Gasteiger partial charge is 0.347 e. The number of esters is 1. The van der Waals surface area contributed by atoms with Crippen LogP contribution in [0, 0.1) is 0 Å². The molecule has 1 saturated heterocycles. The summed E-state index contributed by atoms with van der Waals surface area (Å²) in [5.41, 5.74) is -1.47. The molecule has 1 aliphatic rings. The van der Waals surface area contributed by atoms with E-state index >= 15 is 0 Å². The fourth-order valence-corrected chi connectivity index (χ4v) is 2.88. The molecular weight excluding hydrogens is 348 g/mol. The Morgan fingerprint density at radius 3 is 2.37 bits per heavy atom. The van der Waals surface area contributed by atoms with Crippen molar-refractivity contribution in [2.75, 3.05) is 13.7 Å². The minimum Gasteiger partial charge on any atom is -0.497 e. The summed E-state index contributed by atoms with van der Waals surface area (Å²) in [4.78, 5) is 38.1. The highest BCUT2D eigenvalue weighted by Gasteiger charge is 2.50. The Balaban J connectivity index is 1.85. The summed E-state index contributed by atoms with van der Waals surface area (Å²) in [6, 6.07) is 14.8. The molecule has 140 valence electrons. The molecule has 27 heavy (non-hydrogen) atoms. The van der Waals surface area contributed by atoms with E-state index in [2.05, 4.69) is 10.6 Å². The van der Waals surface area contributed by atoms with Gasteiger partial charge in [0, 0.05) is 12.1 Å². The summed E-state index contributed by atoms with van der Waals surface area (Å²) in [7, 11) is 1.52. The van der Waals surface area contributed by atoms with E-state index in [0.717, 1.165) is 0 Å². The molecular formula is C20H20N2O5. The number of piperidine rings is 1. The number of amides is 2. The quantitative estimate of drug-likeness (QED) is 0.476. The molecule has 2 N–H and O–H groups in total. The number of carbonyl (C=O) groups is 3. The van der Waals surface area contributed by atoms with Gasteiger partial charge in [0.1, 0.15) is 11.5 Å². The molecule has 0 radical (unpaired) electrons. The molecule has 0 saturated carbocycles. The third kappa shape index (κ3) is 3.92. The minimum atomic E-state index is -1.77. The summed E-state index contributed by atoms with van der Waals surface area (Å²) >= 11 is 0. The van der Waals surface area contributed by atoms with Crippen molar-refractivity contribution in [3.63, 3.8) is 0 Å². The molecule has 1 aliphatic heterocycles. The van der Waals surface area contributed by atoms with Crippen LogP contribution in [0.1, 0.15) is 23.2 Å². The van der Waals surface area contributed by atoms with E-state index in [-0.39, 0.29) is 6.42 Å². The minimum absolute atomic E-state index is 0.159. The van der Waals surface area contributed by atoms with E-state index in [0.29, 0.717) is 30.0 Å². The molecule has 2 aromatic carbocycles. The van der Waals surface area contributed by atoms with Crippen LogP contribution in [0.3, 0.4) is 0 Å². The summed E-state index contributed by atoms with van der Waals surface area (Å²) in [5, 5.41) is 5.23. The second-order valence-electron chi connectivity index (χ2n) is 6.15. The molecule has 0 unspecified atom stereocenters. The predicted molar refractivity (Wildman–Crippen MR) is 97.5 cm³/mol. The number of para-hydroxylation sites is 1. The van der Waals surface area contributed by atoms with Crippen LogP contribution < -0.4 is 20.1 Å². The first-order chi connectivity index (χ1) is 13.0. The van der Waals surface area contributed by atoms with Crippen molar-refractivity contribution in [2.24, 2.45) is 0 Å². The number of benzene rings is 2. The molecule has 2 amide bonds. The van der Waals surface area contributed by atoms with Crippen LogP contribution in [0.25, 0.3) is 0 Å². The van der Waals surface area contributed by atoms with Crippen LogP contribution in [0.15, 0.2) is 54.6 Å².